The number of nitrogens with zero attached hydrogens (tertiary/aromatic N) is 6. The predicted octanol–water partition coefficient (Wildman–Crippen LogP) is 2.87. The van der Waals surface area contributed by atoms with E-state index in [-0.39, 0.29) is 12.2 Å². The smallest absolute Gasteiger partial charge is 0.302 e. The number of urea groups is 1. The molecule has 3 rings (SSSR count). The number of benzene rings is 1. The first-order valence-electron chi connectivity index (χ1n) is 8.90. The maximum Gasteiger partial charge on any atom is 0.335 e. The number of unbranched alkanes of at least 4 members (excludes halogenated alkanes) is 2. The molecule has 1 saturated heterocycles. The Morgan fingerprint density at radius 2 is 1.96 bits per heavy atom. The third kappa shape index (κ3) is 3.96. The summed E-state index contributed by atoms with van der Waals surface area (Å²) in [5, 5.41) is 18.5. The minimum absolute atomic E-state index is 0.0271. The molecule has 8 nitrogen and oxygen atoms in total. The van der Waals surface area contributed by atoms with Crippen LogP contribution in [0.5, 0.6) is 0 Å². The second kappa shape index (κ2) is 8.46. The van der Waals surface area contributed by atoms with Gasteiger partial charge in [-0.05, 0) is 37.5 Å². The van der Waals surface area contributed by atoms with Gasteiger partial charge in [0.25, 0.3) is 0 Å². The Morgan fingerprint density at radius 1 is 1.19 bits per heavy atom. The van der Waals surface area contributed by atoms with E-state index in [0.717, 1.165) is 43.6 Å². The summed E-state index contributed by atoms with van der Waals surface area (Å²) in [5.74, 6) is 0.745. The lowest BCUT2D eigenvalue weighted by molar-refractivity contribution is 0.0203. The molecule has 1 aliphatic heterocycles. The van der Waals surface area contributed by atoms with E-state index in [4.69, 9.17) is 11.6 Å². The van der Waals surface area contributed by atoms with Crippen molar-refractivity contribution in [3.63, 3.8) is 0 Å². The van der Waals surface area contributed by atoms with Gasteiger partial charge in [0, 0.05) is 31.6 Å². The van der Waals surface area contributed by atoms with E-state index in [1.807, 2.05) is 43.1 Å². The highest BCUT2D eigenvalue weighted by molar-refractivity contribution is 6.30. The van der Waals surface area contributed by atoms with Gasteiger partial charge in [0.05, 0.1) is 0 Å². The molecule has 26 heavy (non-hydrogen) atoms. The summed E-state index contributed by atoms with van der Waals surface area (Å²) in [6.07, 6.45) is 3.73. The SMILES string of the molecule is CCN1C(=O)N(C)N(CCCCCc2nn[nH]n2)C1c1ccc(Cl)cc1. The zero-order valence-corrected chi connectivity index (χ0v) is 15.9. The topological polar surface area (TPSA) is 81.3 Å². The highest BCUT2D eigenvalue weighted by Crippen LogP contribution is 2.34. The maximum atomic E-state index is 12.6. The number of rotatable bonds is 8. The molecule has 9 heteroatoms. The molecule has 0 spiro atoms. The number of carbonyl (C=O) groups excluding carboxylic acids is 1. The molecule has 1 aromatic carbocycles. The van der Waals surface area contributed by atoms with Gasteiger partial charge in [0.2, 0.25) is 0 Å². The van der Waals surface area contributed by atoms with Gasteiger partial charge in [-0.25, -0.2) is 4.79 Å². The predicted molar refractivity (Wildman–Crippen MR) is 98.2 cm³/mol. The molecular weight excluding hydrogens is 354 g/mol. The lowest BCUT2D eigenvalue weighted by atomic mass is 10.1. The van der Waals surface area contributed by atoms with Crippen LogP contribution in [-0.2, 0) is 6.42 Å². The van der Waals surface area contributed by atoms with E-state index < -0.39 is 0 Å². The largest absolute Gasteiger partial charge is 0.335 e. The molecule has 1 atom stereocenters. The lowest BCUT2D eigenvalue weighted by Crippen LogP contribution is -2.37. The first-order valence-corrected chi connectivity index (χ1v) is 9.28. The fourth-order valence-corrected chi connectivity index (χ4v) is 3.44. The first-order chi connectivity index (χ1) is 12.6. The number of hydrogen-bond acceptors (Lipinski definition) is 5. The number of halogens is 1. The van der Waals surface area contributed by atoms with Crippen LogP contribution in [0.2, 0.25) is 5.02 Å². The number of hydrogen-bond donors (Lipinski definition) is 1. The van der Waals surface area contributed by atoms with Crippen molar-refractivity contribution in [1.29, 1.82) is 0 Å². The minimum Gasteiger partial charge on any atom is -0.302 e. The van der Waals surface area contributed by atoms with Crippen molar-refractivity contribution in [2.24, 2.45) is 0 Å². The quantitative estimate of drug-likeness (QED) is 0.715. The number of tetrazole rings is 1. The Labute approximate surface area is 158 Å². The molecule has 1 aromatic heterocycles. The fourth-order valence-electron chi connectivity index (χ4n) is 3.31. The molecule has 0 aliphatic carbocycles. The van der Waals surface area contributed by atoms with Crippen molar-refractivity contribution in [3.8, 4) is 0 Å². The molecule has 1 fully saturated rings. The highest BCUT2D eigenvalue weighted by Gasteiger charge is 2.41. The van der Waals surface area contributed by atoms with Gasteiger partial charge >= 0.3 is 6.03 Å². The molecular formula is C17H24ClN7O. The minimum atomic E-state index is -0.0908. The van der Waals surface area contributed by atoms with Crippen molar-refractivity contribution in [1.82, 2.24) is 35.5 Å². The molecule has 2 aromatic rings. The van der Waals surface area contributed by atoms with Crippen molar-refractivity contribution >= 4 is 17.6 Å². The normalized spacial score (nSPS) is 18.1. The Kier molecular flexibility index (Phi) is 6.05. The summed E-state index contributed by atoms with van der Waals surface area (Å²) in [7, 11) is 1.83. The number of carbonyl (C=O) groups is 1. The van der Waals surface area contributed by atoms with Crippen molar-refractivity contribution < 1.29 is 4.79 Å². The number of H-pyrrole nitrogens is 1. The first kappa shape index (κ1) is 18.6. The van der Waals surface area contributed by atoms with Crippen LogP contribution in [0.15, 0.2) is 24.3 Å². The van der Waals surface area contributed by atoms with Crippen molar-refractivity contribution in [2.45, 2.75) is 38.8 Å². The number of aryl methyl sites for hydroxylation is 1. The molecule has 1 N–H and O–H groups in total. The maximum absolute atomic E-state index is 12.6. The van der Waals surface area contributed by atoms with Gasteiger partial charge in [-0.15, -0.1) is 10.2 Å². The Hall–Kier alpha value is -2.19. The zero-order chi connectivity index (χ0) is 18.5. The molecule has 2 heterocycles. The van der Waals surface area contributed by atoms with Crippen LogP contribution in [0.4, 0.5) is 4.79 Å². The Balaban J connectivity index is 1.62. The highest BCUT2D eigenvalue weighted by atomic mass is 35.5. The van der Waals surface area contributed by atoms with Gasteiger partial charge < -0.3 is 4.90 Å². The van der Waals surface area contributed by atoms with E-state index in [0.29, 0.717) is 11.6 Å². The number of amides is 2. The van der Waals surface area contributed by atoms with Crippen molar-refractivity contribution in [2.75, 3.05) is 20.1 Å². The summed E-state index contributed by atoms with van der Waals surface area (Å²) in [6.45, 7) is 3.46. The number of hydrazine groups is 1. The fraction of sp³-hybridized carbons (Fsp3) is 0.529. The summed E-state index contributed by atoms with van der Waals surface area (Å²) < 4.78 is 0. The number of aromatic nitrogens is 4. The van der Waals surface area contributed by atoms with E-state index in [9.17, 15) is 4.79 Å². The summed E-state index contributed by atoms with van der Waals surface area (Å²) >= 11 is 6.02. The van der Waals surface area contributed by atoms with Gasteiger partial charge in [0.15, 0.2) is 5.82 Å². The second-order valence-electron chi connectivity index (χ2n) is 6.32. The van der Waals surface area contributed by atoms with Gasteiger partial charge in [-0.1, -0.05) is 35.4 Å². The average Bonchev–Trinajstić information content (AvgIpc) is 3.24. The van der Waals surface area contributed by atoms with E-state index in [1.165, 1.54) is 0 Å². The standard InChI is InChI=1S/C17H24ClN7O/c1-3-24-16(13-8-10-14(18)11-9-13)25(23(2)17(24)26)12-6-4-5-7-15-19-21-22-20-15/h8-11,16H,3-7,12H2,1-2H3,(H,19,20,21,22). The summed E-state index contributed by atoms with van der Waals surface area (Å²) in [5.41, 5.74) is 1.07. The van der Waals surface area contributed by atoms with Crippen LogP contribution in [-0.4, -0.2) is 61.7 Å². The lowest BCUT2D eigenvalue weighted by Gasteiger charge is -2.30. The van der Waals surface area contributed by atoms with E-state index in [2.05, 4.69) is 25.6 Å². The third-order valence-corrected chi connectivity index (χ3v) is 4.92. The van der Waals surface area contributed by atoms with E-state index in [1.54, 1.807) is 5.01 Å². The molecule has 1 unspecified atom stereocenters. The molecule has 0 saturated carbocycles. The van der Waals surface area contributed by atoms with Crippen LogP contribution in [0.3, 0.4) is 0 Å². The summed E-state index contributed by atoms with van der Waals surface area (Å²) in [4.78, 5) is 14.5. The Bertz CT molecular complexity index is 706. The molecule has 0 radical (unpaired) electrons. The molecule has 2 amide bonds. The monoisotopic (exact) mass is 377 g/mol. The van der Waals surface area contributed by atoms with Gasteiger partial charge in [-0.3, -0.25) is 5.01 Å². The van der Waals surface area contributed by atoms with E-state index >= 15 is 0 Å². The van der Waals surface area contributed by atoms with Crippen molar-refractivity contribution in [3.05, 3.63) is 40.7 Å². The molecule has 140 valence electrons. The summed E-state index contributed by atoms with van der Waals surface area (Å²) in [6, 6.07) is 7.75. The zero-order valence-electron chi connectivity index (χ0n) is 15.1. The van der Waals surface area contributed by atoms with Crippen LogP contribution in [0, 0.1) is 0 Å². The number of aromatic amines is 1. The van der Waals surface area contributed by atoms with Crippen LogP contribution < -0.4 is 0 Å². The second-order valence-corrected chi connectivity index (χ2v) is 6.76. The van der Waals surface area contributed by atoms with Gasteiger partial charge in [-0.2, -0.15) is 10.2 Å². The molecule has 1 aliphatic rings. The average molecular weight is 378 g/mol. The Morgan fingerprint density at radius 3 is 2.62 bits per heavy atom. The van der Waals surface area contributed by atoms with Crippen LogP contribution in [0.1, 0.15) is 43.7 Å². The van der Waals surface area contributed by atoms with Crippen LogP contribution in [0.25, 0.3) is 0 Å². The third-order valence-electron chi connectivity index (χ3n) is 4.67. The molecule has 0 bridgehead atoms. The number of nitrogens with one attached hydrogen (secondary N) is 1. The van der Waals surface area contributed by atoms with Gasteiger partial charge in [0.1, 0.15) is 6.17 Å². The van der Waals surface area contributed by atoms with Crippen LogP contribution >= 0.6 is 11.6 Å².